The van der Waals surface area contributed by atoms with Crippen LogP contribution in [0.15, 0.2) is 48.7 Å². The lowest BCUT2D eigenvalue weighted by atomic mass is 10.1. The van der Waals surface area contributed by atoms with Gasteiger partial charge in [-0.15, -0.1) is 0 Å². The monoisotopic (exact) mass is 266 g/mol. The summed E-state index contributed by atoms with van der Waals surface area (Å²) in [6.45, 7) is 0.657. The minimum absolute atomic E-state index is 0.136. The maximum Gasteiger partial charge on any atom is 0.433 e. The van der Waals surface area contributed by atoms with E-state index in [1.165, 1.54) is 12.1 Å². The van der Waals surface area contributed by atoms with Gasteiger partial charge in [-0.1, -0.05) is 36.4 Å². The molecule has 5 heteroatoms. The van der Waals surface area contributed by atoms with E-state index in [0.717, 1.165) is 11.8 Å². The summed E-state index contributed by atoms with van der Waals surface area (Å²) in [4.78, 5) is 3.41. The number of pyridine rings is 1. The normalized spacial score (nSPS) is 11.5. The van der Waals surface area contributed by atoms with Gasteiger partial charge in [-0.25, -0.2) is 0 Å². The highest BCUT2D eigenvalue weighted by Crippen LogP contribution is 2.29. The molecule has 0 aliphatic heterocycles. The molecule has 0 atom stereocenters. The predicted octanol–water partition coefficient (Wildman–Crippen LogP) is 3.39. The molecule has 1 heterocycles. The second kappa shape index (κ2) is 5.84. The van der Waals surface area contributed by atoms with E-state index < -0.39 is 11.9 Å². The van der Waals surface area contributed by atoms with Gasteiger partial charge in [0.15, 0.2) is 0 Å². The van der Waals surface area contributed by atoms with Gasteiger partial charge < -0.3 is 5.32 Å². The molecule has 0 aliphatic rings. The number of nitrogens with one attached hydrogen (secondary N) is 1. The van der Waals surface area contributed by atoms with Crippen LogP contribution in [0.1, 0.15) is 16.8 Å². The number of alkyl halides is 3. The summed E-state index contributed by atoms with van der Waals surface area (Å²) < 4.78 is 38.1. The van der Waals surface area contributed by atoms with Gasteiger partial charge in [0, 0.05) is 19.3 Å². The molecule has 0 spiro atoms. The fraction of sp³-hybridized carbons (Fsp3) is 0.214. The van der Waals surface area contributed by atoms with Crippen molar-refractivity contribution < 1.29 is 13.2 Å². The minimum Gasteiger partial charge on any atom is -0.309 e. The van der Waals surface area contributed by atoms with E-state index in [9.17, 15) is 13.2 Å². The lowest BCUT2D eigenvalue weighted by molar-refractivity contribution is -0.141. The Hall–Kier alpha value is -1.88. The van der Waals surface area contributed by atoms with Gasteiger partial charge in [-0.3, -0.25) is 4.98 Å². The Kier molecular flexibility index (Phi) is 4.16. The third kappa shape index (κ3) is 3.79. The molecule has 0 saturated heterocycles. The summed E-state index contributed by atoms with van der Waals surface area (Å²) in [5.74, 6) is 0. The summed E-state index contributed by atoms with van der Waals surface area (Å²) in [6.07, 6.45) is -3.26. The molecule has 0 aliphatic carbocycles. The number of hydrogen-bond donors (Lipinski definition) is 1. The number of halogens is 3. The Morgan fingerprint density at radius 1 is 0.947 bits per heavy atom. The molecule has 0 bridgehead atoms. The molecule has 0 radical (unpaired) electrons. The zero-order chi connectivity index (χ0) is 13.7. The Bertz CT molecular complexity index is 524. The molecule has 100 valence electrons. The number of benzene rings is 1. The molecule has 1 aromatic carbocycles. The highest BCUT2D eigenvalue weighted by molar-refractivity contribution is 5.22. The van der Waals surface area contributed by atoms with Crippen LogP contribution in [-0.2, 0) is 19.3 Å². The Morgan fingerprint density at radius 3 is 2.37 bits per heavy atom. The topological polar surface area (TPSA) is 24.9 Å². The van der Waals surface area contributed by atoms with E-state index in [4.69, 9.17) is 0 Å². The van der Waals surface area contributed by atoms with E-state index in [2.05, 4.69) is 10.3 Å². The maximum absolute atomic E-state index is 12.7. The molecule has 1 N–H and O–H groups in total. The van der Waals surface area contributed by atoms with Crippen molar-refractivity contribution in [2.24, 2.45) is 0 Å². The second-order valence-electron chi connectivity index (χ2n) is 4.10. The standard InChI is InChI=1S/C14H13F3N2/c15-14(16,17)13-12(7-4-8-19-13)10-18-9-11-5-2-1-3-6-11/h1-8,18H,9-10H2. The molecular formula is C14H13F3N2. The van der Waals surface area contributed by atoms with Gasteiger partial charge in [0.25, 0.3) is 0 Å². The zero-order valence-corrected chi connectivity index (χ0v) is 10.1. The first-order valence-electron chi connectivity index (χ1n) is 5.83. The Morgan fingerprint density at radius 2 is 1.68 bits per heavy atom. The molecule has 2 rings (SSSR count). The molecule has 19 heavy (non-hydrogen) atoms. The summed E-state index contributed by atoms with van der Waals surface area (Å²) in [5, 5.41) is 2.99. The number of aromatic nitrogens is 1. The van der Waals surface area contributed by atoms with Crippen LogP contribution in [0.4, 0.5) is 13.2 Å². The molecular weight excluding hydrogens is 253 g/mol. The van der Waals surface area contributed by atoms with Gasteiger partial charge in [-0.05, 0) is 17.2 Å². The summed E-state index contributed by atoms with van der Waals surface area (Å²) in [5.41, 5.74) is 0.362. The SMILES string of the molecule is FC(F)(F)c1ncccc1CNCc1ccccc1. The molecule has 0 fully saturated rings. The van der Waals surface area contributed by atoms with Crippen LogP contribution < -0.4 is 5.32 Å². The summed E-state index contributed by atoms with van der Waals surface area (Å²) in [6, 6.07) is 12.5. The number of rotatable bonds is 4. The highest BCUT2D eigenvalue weighted by atomic mass is 19.4. The number of nitrogens with zero attached hydrogens (tertiary/aromatic N) is 1. The summed E-state index contributed by atoms with van der Waals surface area (Å²) >= 11 is 0. The Balaban J connectivity index is 2.00. The molecule has 1 aromatic heterocycles. The summed E-state index contributed by atoms with van der Waals surface area (Å²) in [7, 11) is 0. The van der Waals surface area contributed by atoms with Crippen LogP contribution in [0, 0.1) is 0 Å². The van der Waals surface area contributed by atoms with Crippen molar-refractivity contribution in [3.8, 4) is 0 Å². The molecule has 0 amide bonds. The van der Waals surface area contributed by atoms with Crippen molar-refractivity contribution in [3.05, 3.63) is 65.5 Å². The van der Waals surface area contributed by atoms with Crippen LogP contribution in [0.3, 0.4) is 0 Å². The van der Waals surface area contributed by atoms with Crippen molar-refractivity contribution in [1.29, 1.82) is 0 Å². The quantitative estimate of drug-likeness (QED) is 0.917. The van der Waals surface area contributed by atoms with Crippen LogP contribution in [-0.4, -0.2) is 4.98 Å². The van der Waals surface area contributed by atoms with Crippen molar-refractivity contribution in [2.45, 2.75) is 19.3 Å². The van der Waals surface area contributed by atoms with Crippen LogP contribution in [0.25, 0.3) is 0 Å². The fourth-order valence-corrected chi connectivity index (χ4v) is 1.77. The average molecular weight is 266 g/mol. The molecule has 2 nitrogen and oxygen atoms in total. The molecule has 0 saturated carbocycles. The van der Waals surface area contributed by atoms with E-state index in [-0.39, 0.29) is 12.1 Å². The zero-order valence-electron chi connectivity index (χ0n) is 10.1. The first-order chi connectivity index (χ1) is 9.07. The predicted molar refractivity (Wildman–Crippen MR) is 66.2 cm³/mol. The van der Waals surface area contributed by atoms with E-state index >= 15 is 0 Å². The van der Waals surface area contributed by atoms with Gasteiger partial charge in [0.2, 0.25) is 0 Å². The van der Waals surface area contributed by atoms with Crippen LogP contribution in [0.2, 0.25) is 0 Å². The fourth-order valence-electron chi connectivity index (χ4n) is 1.77. The second-order valence-corrected chi connectivity index (χ2v) is 4.10. The van der Waals surface area contributed by atoms with E-state index in [1.807, 2.05) is 30.3 Å². The third-order valence-corrected chi connectivity index (χ3v) is 2.65. The Labute approximate surface area is 109 Å². The largest absolute Gasteiger partial charge is 0.433 e. The van der Waals surface area contributed by atoms with Crippen molar-refractivity contribution >= 4 is 0 Å². The van der Waals surface area contributed by atoms with Crippen LogP contribution >= 0.6 is 0 Å². The van der Waals surface area contributed by atoms with Gasteiger partial charge in [0.1, 0.15) is 5.69 Å². The molecule has 0 unspecified atom stereocenters. The average Bonchev–Trinajstić information content (AvgIpc) is 2.39. The van der Waals surface area contributed by atoms with E-state index in [0.29, 0.717) is 6.54 Å². The van der Waals surface area contributed by atoms with Crippen LogP contribution in [0.5, 0.6) is 0 Å². The van der Waals surface area contributed by atoms with Crippen molar-refractivity contribution in [1.82, 2.24) is 10.3 Å². The smallest absolute Gasteiger partial charge is 0.309 e. The van der Waals surface area contributed by atoms with E-state index in [1.54, 1.807) is 0 Å². The van der Waals surface area contributed by atoms with Gasteiger partial charge >= 0.3 is 6.18 Å². The lowest BCUT2D eigenvalue weighted by Crippen LogP contribution is -2.18. The van der Waals surface area contributed by atoms with Crippen molar-refractivity contribution in [2.75, 3.05) is 0 Å². The van der Waals surface area contributed by atoms with Gasteiger partial charge in [0.05, 0.1) is 0 Å². The first kappa shape index (κ1) is 13.5. The third-order valence-electron chi connectivity index (χ3n) is 2.65. The maximum atomic E-state index is 12.7. The minimum atomic E-state index is -4.41. The van der Waals surface area contributed by atoms with Crippen molar-refractivity contribution in [3.63, 3.8) is 0 Å². The van der Waals surface area contributed by atoms with Gasteiger partial charge in [-0.2, -0.15) is 13.2 Å². The number of hydrogen-bond acceptors (Lipinski definition) is 2. The molecule has 2 aromatic rings. The lowest BCUT2D eigenvalue weighted by Gasteiger charge is -2.12. The first-order valence-corrected chi connectivity index (χ1v) is 5.83. The highest BCUT2D eigenvalue weighted by Gasteiger charge is 2.34.